The Kier molecular flexibility index (Phi) is 8.82. The van der Waals surface area contributed by atoms with Gasteiger partial charge in [0, 0.05) is 12.8 Å². The molecule has 0 rings (SSSR count). The third-order valence-electron chi connectivity index (χ3n) is 1.78. The van der Waals surface area contributed by atoms with Crippen molar-refractivity contribution in [1.29, 1.82) is 0 Å². The molecule has 0 radical (unpaired) electrons. The predicted molar refractivity (Wildman–Crippen MR) is 56.4 cm³/mol. The van der Waals surface area contributed by atoms with E-state index in [0.29, 0.717) is 38.9 Å². The Hall–Kier alpha value is -1.06. The SMILES string of the molecule is CCCOC(=O)CCCCC(=O)OCC. The number of hydrogen-bond donors (Lipinski definition) is 0. The van der Waals surface area contributed by atoms with E-state index in [1.165, 1.54) is 0 Å². The average Bonchev–Trinajstić information content (AvgIpc) is 2.22. The van der Waals surface area contributed by atoms with E-state index < -0.39 is 0 Å². The molecule has 15 heavy (non-hydrogen) atoms. The lowest BCUT2D eigenvalue weighted by atomic mass is 10.2. The molecular weight excluding hydrogens is 196 g/mol. The van der Waals surface area contributed by atoms with Crippen LogP contribution in [0.1, 0.15) is 46.0 Å². The molecule has 0 aliphatic carbocycles. The Morgan fingerprint density at radius 2 is 1.47 bits per heavy atom. The van der Waals surface area contributed by atoms with Crippen molar-refractivity contribution in [2.45, 2.75) is 46.0 Å². The third-order valence-corrected chi connectivity index (χ3v) is 1.78. The average molecular weight is 216 g/mol. The van der Waals surface area contributed by atoms with Gasteiger partial charge in [0.05, 0.1) is 13.2 Å². The molecule has 0 heterocycles. The number of ether oxygens (including phenoxy) is 2. The van der Waals surface area contributed by atoms with Gasteiger partial charge in [-0.1, -0.05) is 6.92 Å². The number of rotatable bonds is 8. The first-order valence-corrected chi connectivity index (χ1v) is 5.52. The molecule has 0 N–H and O–H groups in total. The fourth-order valence-electron chi connectivity index (χ4n) is 1.06. The molecule has 0 bridgehead atoms. The summed E-state index contributed by atoms with van der Waals surface area (Å²) in [5.74, 6) is -0.375. The summed E-state index contributed by atoms with van der Waals surface area (Å²) in [7, 11) is 0. The first-order chi connectivity index (χ1) is 7.20. The molecule has 0 atom stereocenters. The van der Waals surface area contributed by atoms with E-state index in [1.54, 1.807) is 6.92 Å². The summed E-state index contributed by atoms with van der Waals surface area (Å²) in [6.07, 6.45) is 2.98. The lowest BCUT2D eigenvalue weighted by Gasteiger charge is -2.03. The molecule has 0 saturated heterocycles. The van der Waals surface area contributed by atoms with Crippen LogP contribution in [0.4, 0.5) is 0 Å². The lowest BCUT2D eigenvalue weighted by Crippen LogP contribution is -2.06. The topological polar surface area (TPSA) is 52.6 Å². The molecule has 0 amide bonds. The molecule has 0 spiro atoms. The summed E-state index contributed by atoms with van der Waals surface area (Å²) in [4.78, 5) is 22.0. The second-order valence-electron chi connectivity index (χ2n) is 3.23. The van der Waals surface area contributed by atoms with Gasteiger partial charge in [-0.2, -0.15) is 0 Å². The van der Waals surface area contributed by atoms with Crippen molar-refractivity contribution in [3.05, 3.63) is 0 Å². The van der Waals surface area contributed by atoms with Crippen LogP contribution >= 0.6 is 0 Å². The fraction of sp³-hybridized carbons (Fsp3) is 0.818. The molecule has 4 heteroatoms. The van der Waals surface area contributed by atoms with Crippen molar-refractivity contribution in [3.8, 4) is 0 Å². The van der Waals surface area contributed by atoms with E-state index in [0.717, 1.165) is 6.42 Å². The van der Waals surface area contributed by atoms with Crippen molar-refractivity contribution in [1.82, 2.24) is 0 Å². The van der Waals surface area contributed by atoms with Crippen LogP contribution in [0.25, 0.3) is 0 Å². The highest BCUT2D eigenvalue weighted by Crippen LogP contribution is 2.02. The van der Waals surface area contributed by atoms with Gasteiger partial charge in [0.2, 0.25) is 0 Å². The van der Waals surface area contributed by atoms with Crippen molar-refractivity contribution >= 4 is 11.9 Å². The summed E-state index contributed by atoms with van der Waals surface area (Å²) in [5.41, 5.74) is 0. The monoisotopic (exact) mass is 216 g/mol. The highest BCUT2D eigenvalue weighted by Gasteiger charge is 2.04. The smallest absolute Gasteiger partial charge is 0.305 e. The van der Waals surface area contributed by atoms with Crippen molar-refractivity contribution < 1.29 is 19.1 Å². The van der Waals surface area contributed by atoms with Gasteiger partial charge < -0.3 is 9.47 Å². The van der Waals surface area contributed by atoms with Crippen LogP contribution in [0.15, 0.2) is 0 Å². The van der Waals surface area contributed by atoms with Gasteiger partial charge in [-0.15, -0.1) is 0 Å². The first-order valence-electron chi connectivity index (χ1n) is 5.52. The van der Waals surface area contributed by atoms with Crippen LogP contribution in [0.3, 0.4) is 0 Å². The molecule has 0 unspecified atom stereocenters. The van der Waals surface area contributed by atoms with E-state index in [1.807, 2.05) is 6.92 Å². The van der Waals surface area contributed by atoms with Gasteiger partial charge in [0.15, 0.2) is 0 Å². The van der Waals surface area contributed by atoms with Crippen molar-refractivity contribution in [2.75, 3.05) is 13.2 Å². The molecule has 0 aromatic heterocycles. The van der Waals surface area contributed by atoms with Gasteiger partial charge in [0.25, 0.3) is 0 Å². The maximum absolute atomic E-state index is 11.0. The van der Waals surface area contributed by atoms with Crippen LogP contribution in [0.2, 0.25) is 0 Å². The standard InChI is InChI=1S/C11H20O4/c1-3-9-15-11(13)8-6-5-7-10(12)14-4-2/h3-9H2,1-2H3. The molecule has 88 valence electrons. The van der Waals surface area contributed by atoms with E-state index >= 15 is 0 Å². The molecule has 0 aliphatic rings. The van der Waals surface area contributed by atoms with Gasteiger partial charge in [-0.3, -0.25) is 9.59 Å². The largest absolute Gasteiger partial charge is 0.466 e. The minimum atomic E-state index is -0.195. The normalized spacial score (nSPS) is 9.73. The Morgan fingerprint density at radius 1 is 0.933 bits per heavy atom. The number of hydrogen-bond acceptors (Lipinski definition) is 4. The van der Waals surface area contributed by atoms with Crippen LogP contribution in [-0.4, -0.2) is 25.2 Å². The maximum atomic E-state index is 11.0. The second kappa shape index (κ2) is 9.49. The van der Waals surface area contributed by atoms with Crippen molar-refractivity contribution in [3.63, 3.8) is 0 Å². The Morgan fingerprint density at radius 3 is 1.93 bits per heavy atom. The Bertz CT molecular complexity index is 189. The van der Waals surface area contributed by atoms with Gasteiger partial charge in [0.1, 0.15) is 0 Å². The summed E-state index contributed by atoms with van der Waals surface area (Å²) < 4.78 is 9.65. The van der Waals surface area contributed by atoms with Crippen LogP contribution < -0.4 is 0 Å². The van der Waals surface area contributed by atoms with Gasteiger partial charge in [-0.05, 0) is 26.2 Å². The van der Waals surface area contributed by atoms with Gasteiger partial charge >= 0.3 is 11.9 Å². The van der Waals surface area contributed by atoms with Gasteiger partial charge in [-0.25, -0.2) is 0 Å². The second-order valence-corrected chi connectivity index (χ2v) is 3.23. The first kappa shape index (κ1) is 13.9. The molecule has 0 aromatic carbocycles. The maximum Gasteiger partial charge on any atom is 0.305 e. The number of carbonyl (C=O) groups is 2. The quantitative estimate of drug-likeness (QED) is 0.460. The van der Waals surface area contributed by atoms with Crippen molar-refractivity contribution in [2.24, 2.45) is 0 Å². The third kappa shape index (κ3) is 9.25. The van der Waals surface area contributed by atoms with E-state index in [9.17, 15) is 9.59 Å². The predicted octanol–water partition coefficient (Wildman–Crippen LogP) is 2.06. The van der Waals surface area contributed by atoms with E-state index in [-0.39, 0.29) is 11.9 Å². The molecule has 0 fully saturated rings. The molecule has 0 aromatic rings. The molecule has 4 nitrogen and oxygen atoms in total. The number of unbranched alkanes of at least 4 members (excludes halogenated alkanes) is 1. The zero-order chi connectivity index (χ0) is 11.5. The summed E-state index contributed by atoms with van der Waals surface area (Å²) in [6, 6.07) is 0. The zero-order valence-electron chi connectivity index (χ0n) is 9.58. The van der Waals surface area contributed by atoms with E-state index in [4.69, 9.17) is 9.47 Å². The fourth-order valence-corrected chi connectivity index (χ4v) is 1.06. The highest BCUT2D eigenvalue weighted by molar-refractivity contribution is 5.70. The lowest BCUT2D eigenvalue weighted by molar-refractivity contribution is -0.145. The molecule has 0 aliphatic heterocycles. The van der Waals surface area contributed by atoms with Crippen LogP contribution in [0, 0.1) is 0 Å². The van der Waals surface area contributed by atoms with Crippen LogP contribution in [-0.2, 0) is 19.1 Å². The minimum Gasteiger partial charge on any atom is -0.466 e. The Labute approximate surface area is 90.9 Å². The minimum absolute atomic E-state index is 0.180. The number of carbonyl (C=O) groups excluding carboxylic acids is 2. The molecule has 0 saturated carbocycles. The summed E-state index contributed by atoms with van der Waals surface area (Å²) in [5, 5.41) is 0. The summed E-state index contributed by atoms with van der Waals surface area (Å²) in [6.45, 7) is 4.63. The highest BCUT2D eigenvalue weighted by atomic mass is 16.5. The Balaban J connectivity index is 3.30. The van der Waals surface area contributed by atoms with E-state index in [2.05, 4.69) is 0 Å². The van der Waals surface area contributed by atoms with Crippen LogP contribution in [0.5, 0.6) is 0 Å². The zero-order valence-corrected chi connectivity index (χ0v) is 9.58. The number of esters is 2. The molecular formula is C11H20O4. The summed E-state index contributed by atoms with van der Waals surface area (Å²) >= 11 is 0.